The van der Waals surface area contributed by atoms with E-state index >= 15 is 0 Å². The minimum Gasteiger partial charge on any atom is -0.427 e. The molecule has 1 aliphatic heterocycles. The van der Waals surface area contributed by atoms with Crippen LogP contribution in [-0.2, 0) is 14.8 Å². The summed E-state index contributed by atoms with van der Waals surface area (Å²) in [5.41, 5.74) is 1.28. The molecule has 0 aromatic heterocycles. The van der Waals surface area contributed by atoms with Crippen LogP contribution in [0.1, 0.15) is 18.1 Å². The van der Waals surface area contributed by atoms with Gasteiger partial charge in [0.15, 0.2) is 5.84 Å². The third-order valence-electron chi connectivity index (χ3n) is 3.44. The standard InChI is InChI=1S/C17H15N3O4S/c1-12(21)24-14-9-7-13(8-10-14)11-18-20(2)17-15-5-3-4-6-16(15)25(22,23)19-17/h3-11H,1-2H3/b18-11-. The van der Waals surface area contributed by atoms with E-state index in [1.54, 1.807) is 55.7 Å². The number of carbonyl (C=O) groups excluding carboxylic acids is 1. The van der Waals surface area contributed by atoms with Gasteiger partial charge in [0, 0.05) is 19.5 Å². The summed E-state index contributed by atoms with van der Waals surface area (Å²) in [7, 11) is -2.05. The van der Waals surface area contributed by atoms with E-state index in [-0.39, 0.29) is 16.7 Å². The summed E-state index contributed by atoms with van der Waals surface area (Å²) >= 11 is 0. The van der Waals surface area contributed by atoms with Gasteiger partial charge in [-0.2, -0.15) is 13.5 Å². The van der Waals surface area contributed by atoms with Gasteiger partial charge in [-0.25, -0.2) is 5.01 Å². The average Bonchev–Trinajstić information content (AvgIpc) is 2.85. The number of hydrogen-bond acceptors (Lipinski definition) is 6. The second-order valence-corrected chi connectivity index (χ2v) is 6.89. The molecule has 128 valence electrons. The lowest BCUT2D eigenvalue weighted by Crippen LogP contribution is -2.21. The first kappa shape index (κ1) is 16.8. The number of hydrazone groups is 1. The number of ether oxygens (including phenoxy) is 1. The number of benzene rings is 2. The number of fused-ring (bicyclic) bond motifs is 1. The Balaban J connectivity index is 1.80. The molecule has 0 spiro atoms. The van der Waals surface area contributed by atoms with Crippen LogP contribution in [0.3, 0.4) is 0 Å². The van der Waals surface area contributed by atoms with Gasteiger partial charge in [-0.05, 0) is 42.0 Å². The second-order valence-electron chi connectivity index (χ2n) is 5.32. The minimum atomic E-state index is -3.68. The van der Waals surface area contributed by atoms with Crippen molar-refractivity contribution in [1.29, 1.82) is 0 Å². The van der Waals surface area contributed by atoms with Crippen LogP contribution in [-0.4, -0.2) is 38.5 Å². The smallest absolute Gasteiger partial charge is 0.308 e. The molecule has 0 saturated heterocycles. The maximum absolute atomic E-state index is 12.1. The lowest BCUT2D eigenvalue weighted by Gasteiger charge is -2.12. The highest BCUT2D eigenvalue weighted by Gasteiger charge is 2.30. The van der Waals surface area contributed by atoms with E-state index in [4.69, 9.17) is 4.74 Å². The molecule has 0 radical (unpaired) electrons. The lowest BCUT2D eigenvalue weighted by atomic mass is 10.2. The number of rotatable bonds is 3. The summed E-state index contributed by atoms with van der Waals surface area (Å²) in [6.45, 7) is 1.33. The van der Waals surface area contributed by atoms with Crippen molar-refractivity contribution in [2.75, 3.05) is 7.05 Å². The molecular weight excluding hydrogens is 342 g/mol. The van der Waals surface area contributed by atoms with Crippen molar-refractivity contribution in [3.05, 3.63) is 59.7 Å². The maximum Gasteiger partial charge on any atom is 0.308 e. The molecule has 2 aromatic carbocycles. The zero-order valence-corrected chi connectivity index (χ0v) is 14.4. The quantitative estimate of drug-likeness (QED) is 0.363. The topological polar surface area (TPSA) is 88.4 Å². The average molecular weight is 357 g/mol. The van der Waals surface area contributed by atoms with Gasteiger partial charge < -0.3 is 4.74 Å². The van der Waals surface area contributed by atoms with Crippen molar-refractivity contribution in [2.24, 2.45) is 9.50 Å². The first-order valence-electron chi connectivity index (χ1n) is 7.37. The SMILES string of the molecule is CC(=O)Oc1ccc(/C=N\N(C)C2=NS(=O)(=O)c3ccccc32)cc1. The molecule has 0 amide bonds. The predicted octanol–water partition coefficient (Wildman–Crippen LogP) is 2.03. The fraction of sp³-hybridized carbons (Fsp3) is 0.118. The van der Waals surface area contributed by atoms with Gasteiger partial charge in [0.05, 0.1) is 6.21 Å². The minimum absolute atomic E-state index is 0.179. The Bertz CT molecular complexity index is 979. The van der Waals surface area contributed by atoms with Crippen LogP contribution in [0.2, 0.25) is 0 Å². The molecule has 7 nitrogen and oxygen atoms in total. The summed E-state index contributed by atoms with van der Waals surface area (Å²) in [5.74, 6) is 0.321. The lowest BCUT2D eigenvalue weighted by molar-refractivity contribution is -0.131. The van der Waals surface area contributed by atoms with Crippen molar-refractivity contribution in [3.8, 4) is 5.75 Å². The normalized spacial score (nSPS) is 14.9. The van der Waals surface area contributed by atoms with Gasteiger partial charge in [-0.15, -0.1) is 4.40 Å². The van der Waals surface area contributed by atoms with Gasteiger partial charge in [-0.3, -0.25) is 4.79 Å². The van der Waals surface area contributed by atoms with E-state index in [1.165, 1.54) is 18.0 Å². The molecule has 25 heavy (non-hydrogen) atoms. The number of sulfonamides is 1. The van der Waals surface area contributed by atoms with Crippen molar-refractivity contribution >= 4 is 28.0 Å². The molecule has 3 rings (SSSR count). The zero-order valence-electron chi connectivity index (χ0n) is 13.6. The Kier molecular flexibility index (Phi) is 4.37. The van der Waals surface area contributed by atoms with Gasteiger partial charge >= 0.3 is 5.97 Å². The molecule has 1 heterocycles. The first-order chi connectivity index (χ1) is 11.9. The van der Waals surface area contributed by atoms with Crippen molar-refractivity contribution < 1.29 is 17.9 Å². The van der Waals surface area contributed by atoms with Gasteiger partial charge in [-0.1, -0.05) is 12.1 Å². The molecule has 1 aliphatic rings. The molecule has 2 aromatic rings. The first-order valence-corrected chi connectivity index (χ1v) is 8.81. The molecule has 8 heteroatoms. The number of carbonyl (C=O) groups is 1. The highest BCUT2D eigenvalue weighted by atomic mass is 32.2. The van der Waals surface area contributed by atoms with E-state index in [2.05, 4.69) is 9.50 Å². The van der Waals surface area contributed by atoms with E-state index < -0.39 is 10.0 Å². The monoisotopic (exact) mass is 357 g/mol. The van der Waals surface area contributed by atoms with E-state index in [0.717, 1.165) is 5.56 Å². The van der Waals surface area contributed by atoms with Crippen LogP contribution in [0.5, 0.6) is 5.75 Å². The third-order valence-corrected chi connectivity index (χ3v) is 4.77. The highest BCUT2D eigenvalue weighted by Crippen LogP contribution is 2.26. The fourth-order valence-corrected chi connectivity index (χ4v) is 3.55. The van der Waals surface area contributed by atoms with Crippen LogP contribution in [0.15, 0.2) is 62.9 Å². The van der Waals surface area contributed by atoms with Crippen molar-refractivity contribution in [3.63, 3.8) is 0 Å². The Morgan fingerprint density at radius 3 is 2.52 bits per heavy atom. The Hall–Kier alpha value is -3.00. The van der Waals surface area contributed by atoms with Crippen LogP contribution >= 0.6 is 0 Å². The van der Waals surface area contributed by atoms with Crippen LogP contribution in [0.25, 0.3) is 0 Å². The predicted molar refractivity (Wildman–Crippen MR) is 93.3 cm³/mol. The van der Waals surface area contributed by atoms with Crippen LogP contribution < -0.4 is 4.74 Å². The zero-order chi connectivity index (χ0) is 18.0. The summed E-state index contributed by atoms with van der Waals surface area (Å²) in [4.78, 5) is 11.1. The number of hydrogen-bond donors (Lipinski definition) is 0. The Morgan fingerprint density at radius 2 is 1.84 bits per heavy atom. The molecular formula is C17H15N3O4S. The number of amidine groups is 1. The second kappa shape index (κ2) is 6.48. The maximum atomic E-state index is 12.1. The van der Waals surface area contributed by atoms with E-state index in [0.29, 0.717) is 11.3 Å². The Morgan fingerprint density at radius 1 is 1.16 bits per heavy atom. The van der Waals surface area contributed by atoms with Crippen molar-refractivity contribution in [1.82, 2.24) is 5.01 Å². The summed E-state index contributed by atoms with van der Waals surface area (Å²) in [5, 5.41) is 5.64. The number of esters is 1. The van der Waals surface area contributed by atoms with Gasteiger partial charge in [0.2, 0.25) is 0 Å². The fourth-order valence-electron chi connectivity index (χ4n) is 2.32. The molecule has 0 fully saturated rings. The summed E-state index contributed by atoms with van der Waals surface area (Å²) in [6, 6.07) is 13.4. The number of nitrogens with zero attached hydrogens (tertiary/aromatic N) is 3. The summed E-state index contributed by atoms with van der Waals surface area (Å²) in [6.07, 6.45) is 1.56. The molecule has 0 saturated carbocycles. The van der Waals surface area contributed by atoms with Gasteiger partial charge in [0.25, 0.3) is 10.0 Å². The molecule has 0 bridgehead atoms. The van der Waals surface area contributed by atoms with Crippen LogP contribution in [0.4, 0.5) is 0 Å². The Labute approximate surface area is 145 Å². The third kappa shape index (κ3) is 3.58. The largest absolute Gasteiger partial charge is 0.427 e. The highest BCUT2D eigenvalue weighted by molar-refractivity contribution is 7.90. The van der Waals surface area contributed by atoms with E-state index in [1.807, 2.05) is 0 Å². The van der Waals surface area contributed by atoms with Crippen LogP contribution in [0, 0.1) is 0 Å². The van der Waals surface area contributed by atoms with E-state index in [9.17, 15) is 13.2 Å². The molecule has 0 aliphatic carbocycles. The molecule has 0 N–H and O–H groups in total. The van der Waals surface area contributed by atoms with Gasteiger partial charge in [0.1, 0.15) is 10.6 Å². The summed E-state index contributed by atoms with van der Waals surface area (Å²) < 4.78 is 32.9. The molecule has 0 unspecified atom stereocenters. The molecule has 0 atom stereocenters. The van der Waals surface area contributed by atoms with Crippen molar-refractivity contribution in [2.45, 2.75) is 11.8 Å².